The molecule has 0 bridgehead atoms. The summed E-state index contributed by atoms with van der Waals surface area (Å²) in [5.41, 5.74) is 1.65. The Morgan fingerprint density at radius 1 is 1.06 bits per heavy atom. The van der Waals surface area contributed by atoms with E-state index in [1.807, 2.05) is 12.1 Å². The second-order valence-electron chi connectivity index (χ2n) is 7.46. The summed E-state index contributed by atoms with van der Waals surface area (Å²) >= 11 is 5.91. The van der Waals surface area contributed by atoms with Gasteiger partial charge in [-0.1, -0.05) is 29.8 Å². The number of nitrogens with one attached hydrogen (secondary N) is 1. The van der Waals surface area contributed by atoms with E-state index >= 15 is 0 Å². The molecule has 1 fully saturated rings. The molecular formula is C25H21ClN2O7. The maximum atomic E-state index is 12.8. The van der Waals surface area contributed by atoms with E-state index in [1.54, 1.807) is 30.3 Å². The van der Waals surface area contributed by atoms with Crippen molar-refractivity contribution in [3.05, 3.63) is 88.0 Å². The highest BCUT2D eigenvalue weighted by atomic mass is 35.5. The van der Waals surface area contributed by atoms with Crippen molar-refractivity contribution in [3.63, 3.8) is 0 Å². The zero-order chi connectivity index (χ0) is 24.9. The number of benzene rings is 2. The van der Waals surface area contributed by atoms with Crippen LogP contribution in [0.25, 0.3) is 6.08 Å². The van der Waals surface area contributed by atoms with Gasteiger partial charge < -0.3 is 23.9 Å². The number of imide groups is 1. The van der Waals surface area contributed by atoms with Crippen molar-refractivity contribution in [1.82, 2.24) is 10.2 Å². The zero-order valence-corrected chi connectivity index (χ0v) is 19.6. The maximum Gasteiger partial charge on any atom is 0.373 e. The summed E-state index contributed by atoms with van der Waals surface area (Å²) in [6.45, 7) is 0.182. The van der Waals surface area contributed by atoms with E-state index in [-0.39, 0.29) is 23.8 Å². The average molecular weight is 497 g/mol. The molecule has 1 aliphatic rings. The van der Waals surface area contributed by atoms with E-state index in [2.05, 4.69) is 10.1 Å². The quantitative estimate of drug-likeness (QED) is 0.280. The van der Waals surface area contributed by atoms with Crippen molar-refractivity contribution in [2.75, 3.05) is 14.2 Å². The van der Waals surface area contributed by atoms with Crippen LogP contribution in [0.4, 0.5) is 4.79 Å². The first-order valence-corrected chi connectivity index (χ1v) is 10.8. The number of ether oxygens (including phenoxy) is 3. The molecule has 1 N–H and O–H groups in total. The lowest BCUT2D eigenvalue weighted by molar-refractivity contribution is -0.123. The zero-order valence-electron chi connectivity index (χ0n) is 18.9. The normalized spacial score (nSPS) is 14.3. The number of nitrogens with zero attached hydrogens (tertiary/aromatic N) is 1. The van der Waals surface area contributed by atoms with Crippen molar-refractivity contribution < 1.29 is 33.0 Å². The van der Waals surface area contributed by atoms with E-state index < -0.39 is 17.9 Å². The van der Waals surface area contributed by atoms with Crippen LogP contribution in [0.3, 0.4) is 0 Å². The number of amides is 3. The number of hydrogen-bond donors (Lipinski definition) is 1. The first kappa shape index (κ1) is 23.9. The van der Waals surface area contributed by atoms with Crippen LogP contribution < -0.4 is 14.8 Å². The fraction of sp³-hybridized carbons (Fsp3) is 0.160. The van der Waals surface area contributed by atoms with E-state index in [0.29, 0.717) is 28.7 Å². The first-order valence-electron chi connectivity index (χ1n) is 10.4. The molecule has 3 amide bonds. The minimum absolute atomic E-state index is 0.0178. The number of esters is 1. The molecule has 4 rings (SSSR count). The van der Waals surface area contributed by atoms with Crippen molar-refractivity contribution in [3.8, 4) is 11.5 Å². The van der Waals surface area contributed by atoms with Gasteiger partial charge in [0.05, 0.1) is 20.8 Å². The Labute approximate surface area is 205 Å². The van der Waals surface area contributed by atoms with Crippen LogP contribution in [-0.2, 0) is 22.7 Å². The van der Waals surface area contributed by atoms with Gasteiger partial charge in [0.25, 0.3) is 5.91 Å². The minimum Gasteiger partial charge on any atom is -0.493 e. The molecular weight excluding hydrogens is 476 g/mol. The highest BCUT2D eigenvalue weighted by molar-refractivity contribution is 6.30. The molecule has 2 aromatic carbocycles. The van der Waals surface area contributed by atoms with Crippen LogP contribution in [0.5, 0.6) is 11.5 Å². The molecule has 180 valence electrons. The molecule has 35 heavy (non-hydrogen) atoms. The molecule has 0 radical (unpaired) electrons. The fourth-order valence-electron chi connectivity index (χ4n) is 3.35. The second-order valence-corrected chi connectivity index (χ2v) is 7.90. The van der Waals surface area contributed by atoms with E-state index in [0.717, 1.165) is 10.5 Å². The summed E-state index contributed by atoms with van der Waals surface area (Å²) in [5, 5.41) is 3.19. The number of carbonyl (C=O) groups excluding carboxylic acids is 3. The number of furan rings is 1. The van der Waals surface area contributed by atoms with Gasteiger partial charge in [-0.25, -0.2) is 9.59 Å². The molecule has 0 saturated carbocycles. The Balaban J connectivity index is 1.46. The van der Waals surface area contributed by atoms with Gasteiger partial charge in [0.1, 0.15) is 18.1 Å². The summed E-state index contributed by atoms with van der Waals surface area (Å²) in [5.74, 6) is 0.0477. The van der Waals surface area contributed by atoms with Crippen molar-refractivity contribution >= 4 is 35.6 Å². The Morgan fingerprint density at radius 2 is 1.83 bits per heavy atom. The number of hydrogen-bond acceptors (Lipinski definition) is 7. The smallest absolute Gasteiger partial charge is 0.373 e. The SMILES string of the molecule is COC(=O)c1ccc(CN2C(=O)N/C(=C\c3ccc(OCc4ccc(Cl)cc4)c(OC)c3)C2=O)o1. The first-order chi connectivity index (χ1) is 16.9. The summed E-state index contributed by atoms with van der Waals surface area (Å²) in [6.07, 6.45) is 1.54. The van der Waals surface area contributed by atoms with Crippen LogP contribution in [0.1, 0.15) is 27.4 Å². The standard InChI is InChI=1S/C25H21ClN2O7/c1-32-22-12-16(5-9-20(22)34-14-15-3-6-17(26)7-4-15)11-19-23(29)28(25(31)27-19)13-18-8-10-21(35-18)24(30)33-2/h3-12H,13-14H2,1-2H3,(H,27,31)/b19-11-. The number of urea groups is 1. The Bertz CT molecular complexity index is 1300. The van der Waals surface area contributed by atoms with Crippen LogP contribution in [0, 0.1) is 0 Å². The summed E-state index contributed by atoms with van der Waals surface area (Å²) in [4.78, 5) is 37.7. The van der Waals surface area contributed by atoms with Gasteiger partial charge >= 0.3 is 12.0 Å². The molecule has 1 aromatic heterocycles. The molecule has 0 unspecified atom stereocenters. The van der Waals surface area contributed by atoms with Gasteiger partial charge in [0.2, 0.25) is 5.76 Å². The van der Waals surface area contributed by atoms with E-state index in [9.17, 15) is 14.4 Å². The topological polar surface area (TPSA) is 107 Å². The lowest BCUT2D eigenvalue weighted by atomic mass is 10.1. The van der Waals surface area contributed by atoms with E-state index in [1.165, 1.54) is 32.4 Å². The summed E-state index contributed by atoms with van der Waals surface area (Å²) in [7, 11) is 2.74. The number of carbonyl (C=O) groups is 3. The van der Waals surface area contributed by atoms with Crippen molar-refractivity contribution in [1.29, 1.82) is 0 Å². The summed E-state index contributed by atoms with van der Waals surface area (Å²) < 4.78 is 21.2. The monoisotopic (exact) mass is 496 g/mol. The Morgan fingerprint density at radius 3 is 2.54 bits per heavy atom. The third-order valence-electron chi connectivity index (χ3n) is 5.13. The largest absolute Gasteiger partial charge is 0.493 e. The van der Waals surface area contributed by atoms with Gasteiger partial charge in [-0.15, -0.1) is 0 Å². The average Bonchev–Trinajstić information content (AvgIpc) is 3.44. The number of halogens is 1. The lowest BCUT2D eigenvalue weighted by Crippen LogP contribution is -2.30. The lowest BCUT2D eigenvalue weighted by Gasteiger charge is -2.12. The number of rotatable bonds is 8. The molecule has 1 saturated heterocycles. The molecule has 0 atom stereocenters. The predicted octanol–water partition coefficient (Wildman–Crippen LogP) is 4.40. The van der Waals surface area contributed by atoms with Gasteiger partial charge in [0, 0.05) is 5.02 Å². The van der Waals surface area contributed by atoms with Gasteiger partial charge in [-0.05, 0) is 53.6 Å². The highest BCUT2D eigenvalue weighted by Gasteiger charge is 2.34. The summed E-state index contributed by atoms with van der Waals surface area (Å²) in [6, 6.07) is 14.8. The number of methoxy groups -OCH3 is 2. The van der Waals surface area contributed by atoms with Crippen LogP contribution in [-0.4, -0.2) is 37.0 Å². The van der Waals surface area contributed by atoms with E-state index in [4.69, 9.17) is 25.5 Å². The van der Waals surface area contributed by atoms with Crippen molar-refractivity contribution in [2.24, 2.45) is 0 Å². The molecule has 2 heterocycles. The van der Waals surface area contributed by atoms with Gasteiger partial charge in [-0.2, -0.15) is 0 Å². The molecule has 9 nitrogen and oxygen atoms in total. The fourth-order valence-corrected chi connectivity index (χ4v) is 3.47. The third kappa shape index (κ3) is 5.47. The van der Waals surface area contributed by atoms with Crippen LogP contribution >= 0.6 is 11.6 Å². The van der Waals surface area contributed by atoms with Gasteiger partial charge in [0.15, 0.2) is 11.5 Å². The molecule has 0 spiro atoms. The third-order valence-corrected chi connectivity index (χ3v) is 5.38. The van der Waals surface area contributed by atoms with Gasteiger partial charge in [-0.3, -0.25) is 9.69 Å². The molecule has 0 aliphatic carbocycles. The van der Waals surface area contributed by atoms with Crippen LogP contribution in [0.15, 0.2) is 64.7 Å². The predicted molar refractivity (Wildman–Crippen MR) is 126 cm³/mol. The second kappa shape index (κ2) is 10.4. The minimum atomic E-state index is -0.649. The Kier molecular flexibility index (Phi) is 7.07. The maximum absolute atomic E-state index is 12.8. The molecule has 10 heteroatoms. The van der Waals surface area contributed by atoms with Crippen molar-refractivity contribution in [2.45, 2.75) is 13.2 Å². The van der Waals surface area contributed by atoms with Crippen LogP contribution in [0.2, 0.25) is 5.02 Å². The highest BCUT2D eigenvalue weighted by Crippen LogP contribution is 2.30. The molecule has 3 aromatic rings. The Hall–Kier alpha value is -4.24. The molecule has 1 aliphatic heterocycles.